The minimum atomic E-state index is -0.627. The molecule has 2 unspecified atom stereocenters. The Morgan fingerprint density at radius 1 is 1.04 bits per heavy atom. The molecular weight excluding hydrogens is 296 g/mol. The maximum Gasteiger partial charge on any atom is 0.108 e. The largest absolute Gasteiger partial charge is 0.379 e. The predicted molar refractivity (Wildman–Crippen MR) is 95.7 cm³/mol. The van der Waals surface area contributed by atoms with Crippen molar-refractivity contribution in [2.24, 2.45) is 5.92 Å². The van der Waals surface area contributed by atoms with E-state index in [2.05, 4.69) is 42.6 Å². The summed E-state index contributed by atoms with van der Waals surface area (Å²) in [6.45, 7) is 4.57. The zero-order chi connectivity index (χ0) is 16.8. The van der Waals surface area contributed by atoms with E-state index in [0.29, 0.717) is 12.0 Å². The topological polar surface area (TPSA) is 45.0 Å². The molecule has 3 nitrogen and oxygen atoms in total. The lowest BCUT2D eigenvalue weighted by molar-refractivity contribution is 0.184. The second-order valence-corrected chi connectivity index (χ2v) is 6.57. The van der Waals surface area contributed by atoms with Crippen LogP contribution in [-0.2, 0) is 10.2 Å². The molecule has 0 spiro atoms. The Bertz CT molecular complexity index is 638. The van der Waals surface area contributed by atoms with Crippen LogP contribution < -0.4 is 5.32 Å². The van der Waals surface area contributed by atoms with Gasteiger partial charge in [0.15, 0.2) is 0 Å². The summed E-state index contributed by atoms with van der Waals surface area (Å²) < 4.78 is 5.52. The Labute approximate surface area is 144 Å². The Hall–Kier alpha value is -2.15. The standard InChI is InChI=1S/C21H24N2O/c1-17-14-24-15-20(17)23-13-12-21(16-22,18-8-4-2-5-9-18)19-10-6-3-7-11-19/h2-11,17,20,23H,12-15H2,1H3. The third-order valence-corrected chi connectivity index (χ3v) is 5.00. The Morgan fingerprint density at radius 3 is 2.08 bits per heavy atom. The molecule has 1 aliphatic heterocycles. The first-order valence-electron chi connectivity index (χ1n) is 8.60. The predicted octanol–water partition coefficient (Wildman–Crippen LogP) is 3.51. The van der Waals surface area contributed by atoms with Crippen molar-refractivity contribution in [3.05, 3.63) is 71.8 Å². The van der Waals surface area contributed by atoms with Gasteiger partial charge in [0.05, 0.1) is 19.3 Å². The lowest BCUT2D eigenvalue weighted by atomic mass is 9.73. The highest BCUT2D eigenvalue weighted by Gasteiger charge is 2.34. The van der Waals surface area contributed by atoms with Gasteiger partial charge in [-0.1, -0.05) is 67.6 Å². The number of benzene rings is 2. The third kappa shape index (κ3) is 3.36. The van der Waals surface area contributed by atoms with Gasteiger partial charge in [0.25, 0.3) is 0 Å². The molecule has 0 amide bonds. The van der Waals surface area contributed by atoms with E-state index in [1.165, 1.54) is 0 Å². The highest BCUT2D eigenvalue weighted by atomic mass is 16.5. The molecule has 0 radical (unpaired) electrons. The van der Waals surface area contributed by atoms with E-state index in [9.17, 15) is 5.26 Å². The first-order chi connectivity index (χ1) is 11.8. The molecule has 124 valence electrons. The molecule has 2 aromatic carbocycles. The van der Waals surface area contributed by atoms with Gasteiger partial charge in [-0.05, 0) is 30.0 Å². The number of nitriles is 1. The zero-order valence-corrected chi connectivity index (χ0v) is 14.1. The average Bonchev–Trinajstić information content (AvgIpc) is 3.05. The van der Waals surface area contributed by atoms with Crippen molar-refractivity contribution >= 4 is 0 Å². The molecular formula is C21H24N2O. The summed E-state index contributed by atoms with van der Waals surface area (Å²) >= 11 is 0. The molecule has 0 saturated carbocycles. The first kappa shape index (κ1) is 16.7. The molecule has 24 heavy (non-hydrogen) atoms. The van der Waals surface area contributed by atoms with Crippen molar-refractivity contribution in [3.63, 3.8) is 0 Å². The van der Waals surface area contributed by atoms with Gasteiger partial charge in [0.2, 0.25) is 0 Å². The van der Waals surface area contributed by atoms with Crippen molar-refractivity contribution in [1.29, 1.82) is 5.26 Å². The smallest absolute Gasteiger partial charge is 0.108 e. The quantitative estimate of drug-likeness (QED) is 0.886. The highest BCUT2D eigenvalue weighted by Crippen LogP contribution is 2.35. The minimum Gasteiger partial charge on any atom is -0.379 e. The first-order valence-corrected chi connectivity index (χ1v) is 8.60. The monoisotopic (exact) mass is 320 g/mol. The van der Waals surface area contributed by atoms with Gasteiger partial charge in [0, 0.05) is 6.04 Å². The Balaban J connectivity index is 1.84. The van der Waals surface area contributed by atoms with Crippen LogP contribution in [0.1, 0.15) is 24.5 Å². The van der Waals surface area contributed by atoms with Crippen LogP contribution in [-0.4, -0.2) is 25.8 Å². The maximum atomic E-state index is 10.1. The molecule has 0 aliphatic carbocycles. The second-order valence-electron chi connectivity index (χ2n) is 6.57. The van der Waals surface area contributed by atoms with Crippen LogP contribution in [0.2, 0.25) is 0 Å². The van der Waals surface area contributed by atoms with Crippen molar-refractivity contribution in [3.8, 4) is 6.07 Å². The van der Waals surface area contributed by atoms with E-state index in [0.717, 1.165) is 37.3 Å². The van der Waals surface area contributed by atoms with Crippen LogP contribution in [0.15, 0.2) is 60.7 Å². The summed E-state index contributed by atoms with van der Waals surface area (Å²) in [6.07, 6.45) is 0.737. The zero-order valence-electron chi connectivity index (χ0n) is 14.1. The van der Waals surface area contributed by atoms with E-state index in [4.69, 9.17) is 4.74 Å². The van der Waals surface area contributed by atoms with E-state index in [1.807, 2.05) is 36.4 Å². The summed E-state index contributed by atoms with van der Waals surface area (Å²) in [6, 6.07) is 23.2. The van der Waals surface area contributed by atoms with Crippen LogP contribution in [0.3, 0.4) is 0 Å². The van der Waals surface area contributed by atoms with Crippen LogP contribution in [0.5, 0.6) is 0 Å². The van der Waals surface area contributed by atoms with Crippen molar-refractivity contribution in [1.82, 2.24) is 5.32 Å². The summed E-state index contributed by atoms with van der Waals surface area (Å²) in [5.74, 6) is 0.523. The van der Waals surface area contributed by atoms with Gasteiger partial charge in [-0.3, -0.25) is 0 Å². The fraction of sp³-hybridized carbons (Fsp3) is 0.381. The molecule has 1 saturated heterocycles. The van der Waals surface area contributed by atoms with E-state index in [-0.39, 0.29) is 0 Å². The highest BCUT2D eigenvalue weighted by molar-refractivity contribution is 5.45. The molecule has 3 heteroatoms. The molecule has 1 fully saturated rings. The number of hydrogen-bond donors (Lipinski definition) is 1. The van der Waals surface area contributed by atoms with Crippen LogP contribution in [0.4, 0.5) is 0 Å². The van der Waals surface area contributed by atoms with E-state index in [1.54, 1.807) is 0 Å². The van der Waals surface area contributed by atoms with Gasteiger partial charge < -0.3 is 10.1 Å². The number of hydrogen-bond acceptors (Lipinski definition) is 3. The van der Waals surface area contributed by atoms with E-state index >= 15 is 0 Å². The molecule has 1 aliphatic rings. The summed E-state index contributed by atoms with van der Waals surface area (Å²) in [5, 5.41) is 13.7. The minimum absolute atomic E-state index is 0.382. The van der Waals surface area contributed by atoms with Crippen LogP contribution in [0, 0.1) is 17.2 Å². The lowest BCUT2D eigenvalue weighted by Gasteiger charge is -2.29. The van der Waals surface area contributed by atoms with Crippen molar-refractivity contribution in [2.45, 2.75) is 24.8 Å². The summed E-state index contributed by atoms with van der Waals surface area (Å²) in [7, 11) is 0. The lowest BCUT2D eigenvalue weighted by Crippen LogP contribution is -2.38. The maximum absolute atomic E-state index is 10.1. The van der Waals surface area contributed by atoms with E-state index < -0.39 is 5.41 Å². The van der Waals surface area contributed by atoms with Crippen molar-refractivity contribution in [2.75, 3.05) is 19.8 Å². The third-order valence-electron chi connectivity index (χ3n) is 5.00. The van der Waals surface area contributed by atoms with Gasteiger partial charge >= 0.3 is 0 Å². The Kier molecular flexibility index (Phi) is 5.30. The molecule has 1 N–H and O–H groups in total. The number of rotatable bonds is 6. The summed E-state index contributed by atoms with van der Waals surface area (Å²) in [5.41, 5.74) is 1.48. The molecule has 2 atom stereocenters. The fourth-order valence-corrected chi connectivity index (χ4v) is 3.45. The average molecular weight is 320 g/mol. The molecule has 3 rings (SSSR count). The molecule has 0 bridgehead atoms. The van der Waals surface area contributed by atoms with Gasteiger partial charge in [-0.15, -0.1) is 0 Å². The van der Waals surface area contributed by atoms with Gasteiger partial charge in [0.1, 0.15) is 5.41 Å². The SMILES string of the molecule is CC1COCC1NCCC(C#N)(c1ccccc1)c1ccccc1. The molecule has 2 aromatic rings. The second kappa shape index (κ2) is 7.61. The molecule has 1 heterocycles. The fourth-order valence-electron chi connectivity index (χ4n) is 3.45. The van der Waals surface area contributed by atoms with Gasteiger partial charge in [-0.25, -0.2) is 0 Å². The number of nitrogens with zero attached hydrogens (tertiary/aromatic N) is 1. The van der Waals surface area contributed by atoms with Gasteiger partial charge in [-0.2, -0.15) is 5.26 Å². The number of nitrogens with one attached hydrogen (secondary N) is 1. The normalized spacial score (nSPS) is 20.7. The van der Waals surface area contributed by atoms with Crippen molar-refractivity contribution < 1.29 is 4.74 Å². The number of ether oxygens (including phenoxy) is 1. The molecule has 0 aromatic heterocycles. The van der Waals surface area contributed by atoms with Crippen LogP contribution >= 0.6 is 0 Å². The summed E-state index contributed by atoms with van der Waals surface area (Å²) in [4.78, 5) is 0. The van der Waals surface area contributed by atoms with Crippen LogP contribution in [0.25, 0.3) is 0 Å². The Morgan fingerprint density at radius 2 is 1.62 bits per heavy atom.